The molecular weight excluding hydrogens is 268 g/mol. The van der Waals surface area contributed by atoms with Crippen LogP contribution in [-0.4, -0.2) is 41.9 Å². The standard InChI is InChI=1S/C15H24N4O2/c1-21-10-13(12-2-3-12)18-15(20)17-9-11-4-6-19-7-5-16-14(19)8-11/h5,7,11-13H,2-4,6,8-10H2,1H3,(H2,17,18,20). The van der Waals surface area contributed by atoms with E-state index in [1.54, 1.807) is 7.11 Å². The molecule has 0 radical (unpaired) electrons. The molecule has 1 aliphatic heterocycles. The second-order valence-electron chi connectivity index (χ2n) is 6.15. The average Bonchev–Trinajstić information content (AvgIpc) is 3.22. The van der Waals surface area contributed by atoms with E-state index >= 15 is 0 Å². The molecule has 21 heavy (non-hydrogen) atoms. The maximum absolute atomic E-state index is 12.0. The number of rotatable bonds is 6. The number of hydrogen-bond acceptors (Lipinski definition) is 3. The predicted octanol–water partition coefficient (Wildman–Crippen LogP) is 1.17. The molecule has 2 amide bonds. The van der Waals surface area contributed by atoms with E-state index in [-0.39, 0.29) is 12.1 Å². The monoisotopic (exact) mass is 292 g/mol. The number of hydrogen-bond donors (Lipinski definition) is 2. The maximum Gasteiger partial charge on any atom is 0.315 e. The minimum atomic E-state index is -0.0714. The van der Waals surface area contributed by atoms with Gasteiger partial charge < -0.3 is 19.9 Å². The smallest absolute Gasteiger partial charge is 0.315 e. The Labute approximate surface area is 125 Å². The third-order valence-electron chi connectivity index (χ3n) is 4.46. The molecule has 0 saturated heterocycles. The van der Waals surface area contributed by atoms with Crippen molar-refractivity contribution in [2.45, 2.75) is 38.3 Å². The third kappa shape index (κ3) is 3.75. The van der Waals surface area contributed by atoms with Gasteiger partial charge in [0.2, 0.25) is 0 Å². The third-order valence-corrected chi connectivity index (χ3v) is 4.46. The van der Waals surface area contributed by atoms with Crippen molar-refractivity contribution in [3.63, 3.8) is 0 Å². The van der Waals surface area contributed by atoms with Crippen molar-refractivity contribution < 1.29 is 9.53 Å². The molecule has 1 aliphatic carbocycles. The van der Waals surface area contributed by atoms with Crippen LogP contribution < -0.4 is 10.6 Å². The lowest BCUT2D eigenvalue weighted by Gasteiger charge is -2.24. The van der Waals surface area contributed by atoms with Gasteiger partial charge in [0.05, 0.1) is 12.6 Å². The molecular formula is C15H24N4O2. The number of fused-ring (bicyclic) bond motifs is 1. The zero-order valence-electron chi connectivity index (χ0n) is 12.5. The zero-order valence-corrected chi connectivity index (χ0v) is 12.5. The van der Waals surface area contributed by atoms with E-state index < -0.39 is 0 Å². The summed E-state index contributed by atoms with van der Waals surface area (Å²) in [5, 5.41) is 6.04. The lowest BCUT2D eigenvalue weighted by Crippen LogP contribution is -2.46. The van der Waals surface area contributed by atoms with Crippen LogP contribution >= 0.6 is 0 Å². The normalized spacial score (nSPS) is 22.4. The number of aryl methyl sites for hydroxylation is 1. The van der Waals surface area contributed by atoms with Crippen LogP contribution in [0.15, 0.2) is 12.4 Å². The molecule has 0 aromatic carbocycles. The Kier molecular flexibility index (Phi) is 4.43. The highest BCUT2D eigenvalue weighted by molar-refractivity contribution is 5.74. The van der Waals surface area contributed by atoms with Crippen LogP contribution in [0.4, 0.5) is 4.79 Å². The van der Waals surface area contributed by atoms with Crippen LogP contribution in [0.2, 0.25) is 0 Å². The molecule has 2 unspecified atom stereocenters. The number of nitrogens with zero attached hydrogens (tertiary/aromatic N) is 2. The van der Waals surface area contributed by atoms with Crippen LogP contribution in [0.1, 0.15) is 25.1 Å². The van der Waals surface area contributed by atoms with Crippen molar-refractivity contribution in [1.82, 2.24) is 20.2 Å². The fourth-order valence-corrected chi connectivity index (χ4v) is 3.02. The molecule has 2 N–H and O–H groups in total. The van der Waals surface area contributed by atoms with Crippen molar-refractivity contribution in [3.05, 3.63) is 18.2 Å². The van der Waals surface area contributed by atoms with E-state index in [1.807, 2.05) is 12.4 Å². The quantitative estimate of drug-likeness (QED) is 0.827. The van der Waals surface area contributed by atoms with Crippen molar-refractivity contribution in [1.29, 1.82) is 0 Å². The van der Waals surface area contributed by atoms with Gasteiger partial charge in [-0.15, -0.1) is 0 Å². The Morgan fingerprint density at radius 3 is 3.14 bits per heavy atom. The number of imidazole rings is 1. The minimum absolute atomic E-state index is 0.0714. The number of ether oxygens (including phenoxy) is 1. The maximum atomic E-state index is 12.0. The number of amides is 2. The first-order chi connectivity index (χ1) is 10.3. The number of methoxy groups -OCH3 is 1. The summed E-state index contributed by atoms with van der Waals surface area (Å²) >= 11 is 0. The van der Waals surface area contributed by atoms with Crippen molar-refractivity contribution in [2.24, 2.45) is 11.8 Å². The summed E-state index contributed by atoms with van der Waals surface area (Å²) in [7, 11) is 1.68. The molecule has 1 saturated carbocycles. The number of aromatic nitrogens is 2. The molecule has 0 spiro atoms. The molecule has 0 bridgehead atoms. The van der Waals surface area contributed by atoms with Crippen LogP contribution in [-0.2, 0) is 17.7 Å². The Morgan fingerprint density at radius 1 is 1.52 bits per heavy atom. The Morgan fingerprint density at radius 2 is 2.38 bits per heavy atom. The van der Waals surface area contributed by atoms with Crippen LogP contribution in [0.25, 0.3) is 0 Å². The lowest BCUT2D eigenvalue weighted by atomic mass is 9.98. The van der Waals surface area contributed by atoms with E-state index in [9.17, 15) is 4.79 Å². The molecule has 1 aromatic heterocycles. The summed E-state index contributed by atoms with van der Waals surface area (Å²) in [6.45, 7) is 2.31. The summed E-state index contributed by atoms with van der Waals surface area (Å²) in [5.41, 5.74) is 0. The molecule has 6 nitrogen and oxygen atoms in total. The van der Waals surface area contributed by atoms with Gasteiger partial charge in [0.1, 0.15) is 5.82 Å². The lowest BCUT2D eigenvalue weighted by molar-refractivity contribution is 0.157. The topological polar surface area (TPSA) is 68.2 Å². The summed E-state index contributed by atoms with van der Waals surface area (Å²) in [5.74, 6) is 2.20. The highest BCUT2D eigenvalue weighted by Gasteiger charge is 2.32. The Balaban J connectivity index is 1.41. The fraction of sp³-hybridized carbons (Fsp3) is 0.733. The summed E-state index contributed by atoms with van der Waals surface area (Å²) in [4.78, 5) is 16.4. The van der Waals surface area contributed by atoms with Crippen LogP contribution in [0, 0.1) is 11.8 Å². The van der Waals surface area contributed by atoms with Crippen molar-refractivity contribution in [2.75, 3.05) is 20.3 Å². The highest BCUT2D eigenvalue weighted by atomic mass is 16.5. The molecule has 2 atom stereocenters. The van der Waals surface area contributed by atoms with E-state index in [0.29, 0.717) is 25.0 Å². The number of carbonyl (C=O) groups excluding carboxylic acids is 1. The number of nitrogens with one attached hydrogen (secondary N) is 2. The van der Waals surface area contributed by atoms with E-state index in [1.165, 1.54) is 12.8 Å². The molecule has 3 rings (SSSR count). The fourth-order valence-electron chi connectivity index (χ4n) is 3.02. The van der Waals surface area contributed by atoms with Gasteiger partial charge >= 0.3 is 6.03 Å². The Bertz CT molecular complexity index is 484. The van der Waals surface area contributed by atoms with Gasteiger partial charge in [-0.1, -0.05) is 0 Å². The summed E-state index contributed by atoms with van der Waals surface area (Å²) in [6, 6.07) is 0.0816. The van der Waals surface area contributed by atoms with Crippen LogP contribution in [0.5, 0.6) is 0 Å². The first-order valence-electron chi connectivity index (χ1n) is 7.79. The van der Waals surface area contributed by atoms with Gasteiger partial charge in [-0.05, 0) is 31.1 Å². The van der Waals surface area contributed by atoms with Crippen molar-refractivity contribution in [3.8, 4) is 0 Å². The van der Waals surface area contributed by atoms with Gasteiger partial charge in [-0.3, -0.25) is 0 Å². The van der Waals surface area contributed by atoms with Gasteiger partial charge in [0, 0.05) is 39.0 Å². The first kappa shape index (κ1) is 14.4. The molecule has 6 heteroatoms. The van der Waals surface area contributed by atoms with Crippen LogP contribution in [0.3, 0.4) is 0 Å². The zero-order chi connectivity index (χ0) is 14.7. The summed E-state index contributed by atoms with van der Waals surface area (Å²) < 4.78 is 7.37. The van der Waals surface area contributed by atoms with Gasteiger partial charge in [-0.25, -0.2) is 9.78 Å². The molecule has 116 valence electrons. The van der Waals surface area contributed by atoms with Gasteiger partial charge in [0.15, 0.2) is 0 Å². The van der Waals surface area contributed by atoms with E-state index in [2.05, 4.69) is 20.2 Å². The molecule has 2 aliphatic rings. The average molecular weight is 292 g/mol. The SMILES string of the molecule is COCC(NC(=O)NCC1CCn2ccnc2C1)C1CC1. The van der Waals surface area contributed by atoms with Crippen molar-refractivity contribution >= 4 is 6.03 Å². The van der Waals surface area contributed by atoms with Gasteiger partial charge in [0.25, 0.3) is 0 Å². The van der Waals surface area contributed by atoms with Gasteiger partial charge in [-0.2, -0.15) is 0 Å². The first-order valence-corrected chi connectivity index (χ1v) is 7.79. The second-order valence-corrected chi connectivity index (χ2v) is 6.15. The predicted molar refractivity (Wildman–Crippen MR) is 79.0 cm³/mol. The highest BCUT2D eigenvalue weighted by Crippen LogP contribution is 2.32. The van der Waals surface area contributed by atoms with E-state index in [0.717, 1.165) is 25.2 Å². The number of carbonyl (C=O) groups is 1. The Hall–Kier alpha value is -1.56. The minimum Gasteiger partial charge on any atom is -0.383 e. The molecule has 2 heterocycles. The number of urea groups is 1. The molecule has 1 fully saturated rings. The van der Waals surface area contributed by atoms with E-state index in [4.69, 9.17) is 4.74 Å². The molecule has 1 aromatic rings. The second kappa shape index (κ2) is 6.47. The summed E-state index contributed by atoms with van der Waals surface area (Å²) in [6.07, 6.45) is 8.30. The largest absolute Gasteiger partial charge is 0.383 e.